The van der Waals surface area contributed by atoms with E-state index in [2.05, 4.69) is 10.2 Å². The highest BCUT2D eigenvalue weighted by atomic mass is 19.3. The quantitative estimate of drug-likeness (QED) is 0.579. The predicted octanol–water partition coefficient (Wildman–Crippen LogP) is 1.34. The standard InChI is InChI=1S/C11H22F2N2O/c1-15(7-5-14-10-3-4-10)6-2-8-16-9-11(12)13/h10-11,14H,2-9H2,1H3. The number of nitrogens with zero attached hydrogens (tertiary/aromatic N) is 1. The molecule has 16 heavy (non-hydrogen) atoms. The molecule has 0 aromatic carbocycles. The summed E-state index contributed by atoms with van der Waals surface area (Å²) in [4.78, 5) is 2.20. The molecule has 0 atom stereocenters. The average molecular weight is 236 g/mol. The summed E-state index contributed by atoms with van der Waals surface area (Å²) in [7, 11) is 2.04. The van der Waals surface area contributed by atoms with Crippen LogP contribution in [0.4, 0.5) is 8.78 Å². The van der Waals surface area contributed by atoms with Gasteiger partial charge in [-0.15, -0.1) is 0 Å². The lowest BCUT2D eigenvalue weighted by Crippen LogP contribution is -2.31. The molecule has 0 aromatic heterocycles. The van der Waals surface area contributed by atoms with Crippen molar-refractivity contribution in [1.29, 1.82) is 0 Å². The molecule has 0 spiro atoms. The first-order chi connectivity index (χ1) is 7.68. The summed E-state index contributed by atoms with van der Waals surface area (Å²) in [6.45, 7) is 2.90. The molecular formula is C11H22F2N2O. The number of hydrogen-bond acceptors (Lipinski definition) is 3. The van der Waals surface area contributed by atoms with Crippen LogP contribution in [-0.2, 0) is 4.74 Å². The molecule has 1 rings (SSSR count). The largest absolute Gasteiger partial charge is 0.375 e. The molecule has 1 saturated carbocycles. The van der Waals surface area contributed by atoms with Gasteiger partial charge in [-0.2, -0.15) is 0 Å². The fourth-order valence-corrected chi connectivity index (χ4v) is 1.47. The minimum atomic E-state index is -2.35. The fourth-order valence-electron chi connectivity index (χ4n) is 1.47. The molecule has 5 heteroatoms. The van der Waals surface area contributed by atoms with Gasteiger partial charge in [-0.3, -0.25) is 0 Å². The van der Waals surface area contributed by atoms with Crippen LogP contribution >= 0.6 is 0 Å². The summed E-state index contributed by atoms with van der Waals surface area (Å²) in [6.07, 6.45) is 1.09. The van der Waals surface area contributed by atoms with Crippen LogP contribution < -0.4 is 5.32 Å². The van der Waals surface area contributed by atoms with E-state index in [1.165, 1.54) is 12.8 Å². The average Bonchev–Trinajstić information content (AvgIpc) is 3.00. The van der Waals surface area contributed by atoms with Crippen LogP contribution in [-0.4, -0.2) is 57.3 Å². The lowest BCUT2D eigenvalue weighted by molar-refractivity contribution is 0.0150. The summed E-state index contributed by atoms with van der Waals surface area (Å²) in [6, 6.07) is 0.753. The highest BCUT2D eigenvalue weighted by Crippen LogP contribution is 2.17. The number of alkyl halides is 2. The number of likely N-dealkylation sites (N-methyl/N-ethyl adjacent to an activating group) is 1. The van der Waals surface area contributed by atoms with Crippen molar-refractivity contribution < 1.29 is 13.5 Å². The lowest BCUT2D eigenvalue weighted by Gasteiger charge is -2.16. The number of halogens is 2. The predicted molar refractivity (Wildman–Crippen MR) is 60.0 cm³/mol. The maximum atomic E-state index is 11.7. The second-order valence-electron chi connectivity index (χ2n) is 4.35. The van der Waals surface area contributed by atoms with Crippen LogP contribution in [0.3, 0.4) is 0 Å². The molecule has 1 N–H and O–H groups in total. The third-order valence-corrected chi connectivity index (χ3v) is 2.58. The van der Waals surface area contributed by atoms with Gasteiger partial charge in [-0.05, 0) is 26.3 Å². The van der Waals surface area contributed by atoms with E-state index in [0.717, 1.165) is 32.1 Å². The van der Waals surface area contributed by atoms with Gasteiger partial charge in [0.1, 0.15) is 6.61 Å². The van der Waals surface area contributed by atoms with Crippen LogP contribution in [0.1, 0.15) is 19.3 Å². The molecule has 1 aliphatic carbocycles. The van der Waals surface area contributed by atoms with E-state index >= 15 is 0 Å². The molecule has 0 saturated heterocycles. The third kappa shape index (κ3) is 7.96. The Hall–Kier alpha value is -0.260. The van der Waals surface area contributed by atoms with Crippen molar-refractivity contribution in [3.63, 3.8) is 0 Å². The van der Waals surface area contributed by atoms with Gasteiger partial charge in [-0.1, -0.05) is 0 Å². The number of ether oxygens (including phenoxy) is 1. The van der Waals surface area contributed by atoms with Crippen LogP contribution in [0.5, 0.6) is 0 Å². The van der Waals surface area contributed by atoms with Crippen molar-refractivity contribution in [2.45, 2.75) is 31.7 Å². The normalized spacial score (nSPS) is 16.3. The number of hydrogen-bond donors (Lipinski definition) is 1. The van der Waals surface area contributed by atoms with E-state index in [1.807, 2.05) is 7.05 Å². The second kappa shape index (κ2) is 7.92. The van der Waals surface area contributed by atoms with Crippen molar-refractivity contribution in [2.75, 3.05) is 39.9 Å². The summed E-state index contributed by atoms with van der Waals surface area (Å²) < 4.78 is 28.3. The zero-order valence-corrected chi connectivity index (χ0v) is 9.92. The molecule has 0 aromatic rings. The van der Waals surface area contributed by atoms with Crippen molar-refractivity contribution in [1.82, 2.24) is 10.2 Å². The van der Waals surface area contributed by atoms with Crippen molar-refractivity contribution in [3.8, 4) is 0 Å². The minimum absolute atomic E-state index is 0.421. The van der Waals surface area contributed by atoms with Gasteiger partial charge in [0, 0.05) is 32.3 Å². The third-order valence-electron chi connectivity index (χ3n) is 2.58. The van der Waals surface area contributed by atoms with E-state index < -0.39 is 13.0 Å². The van der Waals surface area contributed by atoms with Gasteiger partial charge < -0.3 is 15.0 Å². The molecule has 0 unspecified atom stereocenters. The highest BCUT2D eigenvalue weighted by Gasteiger charge is 2.19. The van der Waals surface area contributed by atoms with Gasteiger partial charge in [0.15, 0.2) is 0 Å². The van der Waals surface area contributed by atoms with E-state index in [4.69, 9.17) is 4.74 Å². The molecule has 1 aliphatic rings. The molecule has 96 valence electrons. The summed E-state index contributed by atoms with van der Waals surface area (Å²) in [5.74, 6) is 0. The van der Waals surface area contributed by atoms with Crippen molar-refractivity contribution in [3.05, 3.63) is 0 Å². The first kappa shape index (κ1) is 13.8. The van der Waals surface area contributed by atoms with Gasteiger partial charge in [-0.25, -0.2) is 8.78 Å². The molecule has 0 amide bonds. The fraction of sp³-hybridized carbons (Fsp3) is 1.00. The Morgan fingerprint density at radius 1 is 1.38 bits per heavy atom. The summed E-state index contributed by atoms with van der Waals surface area (Å²) >= 11 is 0. The maximum Gasteiger partial charge on any atom is 0.261 e. The van der Waals surface area contributed by atoms with Crippen LogP contribution in [0.25, 0.3) is 0 Å². The van der Waals surface area contributed by atoms with Crippen LogP contribution in [0.15, 0.2) is 0 Å². The molecule has 3 nitrogen and oxygen atoms in total. The van der Waals surface area contributed by atoms with Crippen molar-refractivity contribution >= 4 is 0 Å². The van der Waals surface area contributed by atoms with Gasteiger partial charge >= 0.3 is 0 Å². The van der Waals surface area contributed by atoms with Gasteiger partial charge in [0.2, 0.25) is 0 Å². The van der Waals surface area contributed by atoms with E-state index in [-0.39, 0.29) is 0 Å². The SMILES string of the molecule is CN(CCCOCC(F)F)CCNC1CC1. The first-order valence-electron chi connectivity index (χ1n) is 5.96. The Bertz CT molecular complexity index is 177. The van der Waals surface area contributed by atoms with Gasteiger partial charge in [0.05, 0.1) is 0 Å². The highest BCUT2D eigenvalue weighted by molar-refractivity contribution is 4.80. The zero-order chi connectivity index (χ0) is 11.8. The van der Waals surface area contributed by atoms with Crippen molar-refractivity contribution in [2.24, 2.45) is 0 Å². The Kier molecular flexibility index (Phi) is 6.84. The zero-order valence-electron chi connectivity index (χ0n) is 9.92. The van der Waals surface area contributed by atoms with E-state index in [0.29, 0.717) is 6.61 Å². The smallest absolute Gasteiger partial charge is 0.261 e. The van der Waals surface area contributed by atoms with Gasteiger partial charge in [0.25, 0.3) is 6.43 Å². The summed E-state index contributed by atoms with van der Waals surface area (Å²) in [5, 5.41) is 3.43. The Labute approximate surface area is 96.1 Å². The number of nitrogens with one attached hydrogen (secondary N) is 1. The molecule has 0 bridgehead atoms. The van der Waals surface area contributed by atoms with E-state index in [1.54, 1.807) is 0 Å². The first-order valence-corrected chi connectivity index (χ1v) is 5.96. The molecule has 0 aliphatic heterocycles. The molecule has 1 fully saturated rings. The minimum Gasteiger partial charge on any atom is -0.375 e. The van der Waals surface area contributed by atoms with Crippen LogP contribution in [0, 0.1) is 0 Å². The Balaban J connectivity index is 1.79. The Morgan fingerprint density at radius 2 is 2.12 bits per heavy atom. The topological polar surface area (TPSA) is 24.5 Å². The second-order valence-corrected chi connectivity index (χ2v) is 4.35. The molecule has 0 radical (unpaired) electrons. The Morgan fingerprint density at radius 3 is 2.75 bits per heavy atom. The molecular weight excluding hydrogens is 214 g/mol. The lowest BCUT2D eigenvalue weighted by atomic mass is 10.4. The maximum absolute atomic E-state index is 11.7. The monoisotopic (exact) mass is 236 g/mol. The van der Waals surface area contributed by atoms with E-state index in [9.17, 15) is 8.78 Å². The number of rotatable bonds is 10. The summed E-state index contributed by atoms with van der Waals surface area (Å²) in [5.41, 5.74) is 0. The molecule has 0 heterocycles. The van der Waals surface area contributed by atoms with Crippen LogP contribution in [0.2, 0.25) is 0 Å².